The molecular weight excluding hydrogens is 366 g/mol. The summed E-state index contributed by atoms with van der Waals surface area (Å²) in [6, 6.07) is 9.13. The highest BCUT2D eigenvalue weighted by Crippen LogP contribution is 2.26. The van der Waals surface area contributed by atoms with Crippen molar-refractivity contribution in [2.45, 2.75) is 20.5 Å². The van der Waals surface area contributed by atoms with Crippen LogP contribution in [0.25, 0.3) is 0 Å². The Balaban J connectivity index is 1.73. The number of carbonyl (C=O) groups excluding carboxylic acids is 1. The number of para-hydroxylation sites is 2. The molecule has 8 nitrogen and oxygen atoms in total. The van der Waals surface area contributed by atoms with Crippen molar-refractivity contribution in [2.75, 3.05) is 18.2 Å². The maximum Gasteiger partial charge on any atom is 0.339 e. The molecule has 9 heteroatoms. The van der Waals surface area contributed by atoms with E-state index in [0.717, 1.165) is 9.75 Å². The molecule has 0 unspecified atom stereocenters. The molecule has 2 aromatic heterocycles. The predicted molar refractivity (Wildman–Crippen MR) is 103 cm³/mol. The lowest BCUT2D eigenvalue weighted by Crippen LogP contribution is -2.11. The van der Waals surface area contributed by atoms with Gasteiger partial charge in [-0.2, -0.15) is 15.0 Å². The molecule has 140 valence electrons. The molecule has 0 atom stereocenters. The van der Waals surface area contributed by atoms with Crippen molar-refractivity contribution in [3.8, 4) is 5.75 Å². The summed E-state index contributed by atoms with van der Waals surface area (Å²) in [5.74, 6) is 0.720. The summed E-state index contributed by atoms with van der Waals surface area (Å²) in [5.41, 5.74) is 6.98. The van der Waals surface area contributed by atoms with Crippen LogP contribution in [0, 0.1) is 13.8 Å². The van der Waals surface area contributed by atoms with Crippen LogP contribution in [0.1, 0.15) is 25.9 Å². The number of rotatable bonds is 6. The zero-order chi connectivity index (χ0) is 19.4. The normalized spacial score (nSPS) is 10.5. The molecule has 3 N–H and O–H groups in total. The minimum absolute atomic E-state index is 0.0241. The molecule has 1 aromatic carbocycles. The first-order chi connectivity index (χ1) is 13.0. The molecule has 0 saturated carbocycles. The molecule has 0 amide bonds. The lowest BCUT2D eigenvalue weighted by Gasteiger charge is -2.10. The van der Waals surface area contributed by atoms with Crippen LogP contribution in [0.2, 0.25) is 0 Å². The van der Waals surface area contributed by atoms with Gasteiger partial charge in [0.25, 0.3) is 0 Å². The zero-order valence-electron chi connectivity index (χ0n) is 15.1. The van der Waals surface area contributed by atoms with E-state index in [1.807, 2.05) is 32.0 Å². The SMILES string of the molecule is COc1ccccc1Nc1nc(N)nc(COC(=O)c2cc(C)sc2C)n1. The number of carbonyl (C=O) groups is 1. The number of nitrogens with one attached hydrogen (secondary N) is 1. The van der Waals surface area contributed by atoms with Gasteiger partial charge in [-0.15, -0.1) is 11.3 Å². The predicted octanol–water partition coefficient (Wildman–Crippen LogP) is 3.24. The number of hydrogen-bond acceptors (Lipinski definition) is 9. The molecule has 0 bridgehead atoms. The third kappa shape index (κ3) is 4.50. The molecule has 0 aliphatic rings. The summed E-state index contributed by atoms with van der Waals surface area (Å²) in [6.45, 7) is 3.71. The van der Waals surface area contributed by atoms with Gasteiger partial charge in [-0.3, -0.25) is 0 Å². The van der Waals surface area contributed by atoms with Crippen molar-refractivity contribution in [3.05, 3.63) is 51.5 Å². The number of thiophene rings is 1. The summed E-state index contributed by atoms with van der Waals surface area (Å²) < 4.78 is 10.6. The smallest absolute Gasteiger partial charge is 0.339 e. The van der Waals surface area contributed by atoms with Gasteiger partial charge in [-0.05, 0) is 32.0 Å². The Hall–Kier alpha value is -3.20. The van der Waals surface area contributed by atoms with Crippen LogP contribution in [0.5, 0.6) is 5.75 Å². The Bertz CT molecular complexity index is 973. The topological polar surface area (TPSA) is 112 Å². The number of anilines is 3. The van der Waals surface area contributed by atoms with Crippen LogP contribution in [0.4, 0.5) is 17.6 Å². The standard InChI is InChI=1S/C18H19N5O3S/c1-10-8-12(11(2)27-10)16(24)26-9-15-21-17(19)23-18(22-15)20-13-6-4-5-7-14(13)25-3/h4-8H,9H2,1-3H3,(H3,19,20,21,22,23). The van der Waals surface area contributed by atoms with Gasteiger partial charge in [-0.1, -0.05) is 12.1 Å². The lowest BCUT2D eigenvalue weighted by molar-refractivity contribution is 0.0462. The second-order valence-corrected chi connectivity index (χ2v) is 7.12. The maximum absolute atomic E-state index is 12.2. The molecule has 0 radical (unpaired) electrons. The highest BCUT2D eigenvalue weighted by Gasteiger charge is 2.15. The summed E-state index contributed by atoms with van der Waals surface area (Å²) in [7, 11) is 1.57. The van der Waals surface area contributed by atoms with Crippen LogP contribution in [-0.2, 0) is 11.3 Å². The Morgan fingerprint density at radius 1 is 1.22 bits per heavy atom. The third-order valence-corrected chi connectivity index (χ3v) is 4.61. The minimum atomic E-state index is -0.421. The lowest BCUT2D eigenvalue weighted by atomic mass is 10.2. The van der Waals surface area contributed by atoms with Crippen molar-refractivity contribution < 1.29 is 14.3 Å². The van der Waals surface area contributed by atoms with Crippen LogP contribution >= 0.6 is 11.3 Å². The minimum Gasteiger partial charge on any atom is -0.495 e. The van der Waals surface area contributed by atoms with Gasteiger partial charge in [0, 0.05) is 9.75 Å². The van der Waals surface area contributed by atoms with E-state index in [9.17, 15) is 4.79 Å². The van der Waals surface area contributed by atoms with Gasteiger partial charge in [0.05, 0.1) is 18.4 Å². The van der Waals surface area contributed by atoms with E-state index in [1.165, 1.54) is 0 Å². The fourth-order valence-corrected chi connectivity index (χ4v) is 3.38. The van der Waals surface area contributed by atoms with Crippen LogP contribution in [-0.4, -0.2) is 28.0 Å². The molecule has 2 heterocycles. The average Bonchev–Trinajstić information content (AvgIpc) is 2.98. The van der Waals surface area contributed by atoms with Crippen molar-refractivity contribution in [3.63, 3.8) is 0 Å². The summed E-state index contributed by atoms with van der Waals surface area (Å²) in [5, 5.41) is 3.03. The Morgan fingerprint density at radius 2 is 2.00 bits per heavy atom. The number of benzene rings is 1. The molecule has 0 aliphatic heterocycles. The van der Waals surface area contributed by atoms with E-state index in [1.54, 1.807) is 30.6 Å². The molecule has 0 aliphatic carbocycles. The van der Waals surface area contributed by atoms with Crippen LogP contribution in [0.3, 0.4) is 0 Å². The number of esters is 1. The number of ether oxygens (including phenoxy) is 2. The van der Waals surface area contributed by atoms with Gasteiger partial charge in [0.15, 0.2) is 12.4 Å². The van der Waals surface area contributed by atoms with Gasteiger partial charge < -0.3 is 20.5 Å². The van der Waals surface area contributed by atoms with E-state index in [4.69, 9.17) is 15.2 Å². The molecule has 0 spiro atoms. The van der Waals surface area contributed by atoms with E-state index in [0.29, 0.717) is 17.0 Å². The molecule has 3 rings (SSSR count). The molecular formula is C18H19N5O3S. The fraction of sp³-hybridized carbons (Fsp3) is 0.222. The van der Waals surface area contributed by atoms with E-state index < -0.39 is 5.97 Å². The van der Waals surface area contributed by atoms with Crippen molar-refractivity contribution in [2.24, 2.45) is 0 Å². The maximum atomic E-state index is 12.2. The first-order valence-electron chi connectivity index (χ1n) is 8.11. The first kappa shape index (κ1) is 18.6. The number of nitrogens with zero attached hydrogens (tertiary/aromatic N) is 3. The molecule has 0 saturated heterocycles. The first-order valence-corrected chi connectivity index (χ1v) is 8.92. The Morgan fingerprint density at radius 3 is 2.70 bits per heavy atom. The van der Waals surface area contributed by atoms with Crippen molar-refractivity contribution >= 4 is 34.9 Å². The van der Waals surface area contributed by atoms with Crippen molar-refractivity contribution in [1.29, 1.82) is 0 Å². The van der Waals surface area contributed by atoms with E-state index >= 15 is 0 Å². The number of nitrogen functional groups attached to an aromatic ring is 1. The monoisotopic (exact) mass is 385 g/mol. The fourth-order valence-electron chi connectivity index (χ4n) is 2.47. The quantitative estimate of drug-likeness (QED) is 0.622. The second kappa shape index (κ2) is 8.00. The summed E-state index contributed by atoms with van der Waals surface area (Å²) in [4.78, 5) is 26.5. The highest BCUT2D eigenvalue weighted by atomic mass is 32.1. The van der Waals surface area contributed by atoms with Gasteiger partial charge in [-0.25, -0.2) is 4.79 Å². The van der Waals surface area contributed by atoms with Crippen LogP contribution < -0.4 is 15.8 Å². The average molecular weight is 385 g/mol. The highest BCUT2D eigenvalue weighted by molar-refractivity contribution is 7.12. The van der Waals surface area contributed by atoms with Crippen LogP contribution in [0.15, 0.2) is 30.3 Å². The van der Waals surface area contributed by atoms with Gasteiger partial charge in [0.2, 0.25) is 11.9 Å². The van der Waals surface area contributed by atoms with E-state index in [-0.39, 0.29) is 24.3 Å². The molecule has 27 heavy (non-hydrogen) atoms. The van der Waals surface area contributed by atoms with Crippen molar-refractivity contribution in [1.82, 2.24) is 15.0 Å². The third-order valence-electron chi connectivity index (χ3n) is 3.65. The Labute approximate surface area is 160 Å². The Kier molecular flexibility index (Phi) is 5.51. The number of nitrogens with two attached hydrogens (primary N) is 1. The number of aryl methyl sites for hydroxylation is 2. The second-order valence-electron chi connectivity index (χ2n) is 5.66. The van der Waals surface area contributed by atoms with E-state index in [2.05, 4.69) is 20.3 Å². The van der Waals surface area contributed by atoms with Gasteiger partial charge >= 0.3 is 5.97 Å². The number of methoxy groups -OCH3 is 1. The zero-order valence-corrected chi connectivity index (χ0v) is 16.0. The molecule has 3 aromatic rings. The largest absolute Gasteiger partial charge is 0.495 e. The summed E-state index contributed by atoms with van der Waals surface area (Å²) in [6.07, 6.45) is 0. The summed E-state index contributed by atoms with van der Waals surface area (Å²) >= 11 is 1.54. The number of aromatic nitrogens is 3. The van der Waals surface area contributed by atoms with Gasteiger partial charge in [0.1, 0.15) is 5.75 Å². The molecule has 0 fully saturated rings. The number of hydrogen-bond donors (Lipinski definition) is 2.